The predicted octanol–water partition coefficient (Wildman–Crippen LogP) is 3.97. The molecule has 0 bridgehead atoms. The van der Waals surface area contributed by atoms with E-state index >= 15 is 0 Å². The molecule has 1 amide bonds. The van der Waals surface area contributed by atoms with Crippen molar-refractivity contribution < 1.29 is 14.3 Å². The molecule has 23 heavy (non-hydrogen) atoms. The number of hydrogen-bond acceptors (Lipinski definition) is 3. The summed E-state index contributed by atoms with van der Waals surface area (Å²) in [6.45, 7) is 3.94. The number of ether oxygens (including phenoxy) is 2. The highest BCUT2D eigenvalue weighted by atomic mass is 16.5. The fraction of sp³-hybridized carbons (Fsp3) is 0.211. The highest BCUT2D eigenvalue weighted by Crippen LogP contribution is 2.29. The summed E-state index contributed by atoms with van der Waals surface area (Å²) < 4.78 is 10.6. The monoisotopic (exact) mass is 311 g/mol. The molecule has 2 aromatic rings. The van der Waals surface area contributed by atoms with Crippen LogP contribution in [0.4, 0.5) is 5.69 Å². The molecule has 2 rings (SSSR count). The molecule has 0 aliphatic heterocycles. The third-order valence-electron chi connectivity index (χ3n) is 3.60. The lowest BCUT2D eigenvalue weighted by molar-refractivity contribution is -0.111. The van der Waals surface area contributed by atoms with Crippen molar-refractivity contribution in [3.63, 3.8) is 0 Å². The van der Waals surface area contributed by atoms with Gasteiger partial charge in [-0.05, 0) is 43.2 Å². The minimum atomic E-state index is -0.199. The van der Waals surface area contributed by atoms with Gasteiger partial charge in [-0.3, -0.25) is 4.79 Å². The van der Waals surface area contributed by atoms with Gasteiger partial charge in [0.2, 0.25) is 5.91 Å². The maximum atomic E-state index is 12.2. The summed E-state index contributed by atoms with van der Waals surface area (Å²) in [5, 5.41) is 2.92. The van der Waals surface area contributed by atoms with Crippen LogP contribution in [0.1, 0.15) is 16.7 Å². The van der Waals surface area contributed by atoms with Crippen molar-refractivity contribution in [2.45, 2.75) is 13.8 Å². The van der Waals surface area contributed by atoms with Gasteiger partial charge < -0.3 is 14.8 Å². The summed E-state index contributed by atoms with van der Waals surface area (Å²) >= 11 is 0. The van der Waals surface area contributed by atoms with E-state index in [1.165, 1.54) is 6.08 Å². The molecule has 0 atom stereocenters. The van der Waals surface area contributed by atoms with Crippen LogP contribution >= 0.6 is 0 Å². The lowest BCUT2D eigenvalue weighted by atomic mass is 10.1. The maximum absolute atomic E-state index is 12.2. The van der Waals surface area contributed by atoms with Crippen molar-refractivity contribution in [3.05, 3.63) is 59.2 Å². The van der Waals surface area contributed by atoms with Crippen LogP contribution < -0.4 is 14.8 Å². The standard InChI is InChI=1S/C19H21NO3/c1-13-7-5-8-14(2)19(13)20-18(21)12-11-15-16(22-3)9-6-10-17(15)23-4/h5-12H,1-4H3,(H,20,21). The molecular formula is C19H21NO3. The second-order valence-corrected chi connectivity index (χ2v) is 5.17. The van der Waals surface area contributed by atoms with Gasteiger partial charge in [0.05, 0.1) is 19.8 Å². The number of amides is 1. The van der Waals surface area contributed by atoms with Crippen molar-refractivity contribution in [2.24, 2.45) is 0 Å². The first-order chi connectivity index (χ1) is 11.1. The Kier molecular flexibility index (Phi) is 5.41. The molecule has 0 radical (unpaired) electrons. The molecule has 0 spiro atoms. The molecule has 0 aliphatic rings. The Morgan fingerprint density at radius 2 is 1.48 bits per heavy atom. The Morgan fingerprint density at radius 3 is 2.00 bits per heavy atom. The number of rotatable bonds is 5. The van der Waals surface area contributed by atoms with E-state index in [1.807, 2.05) is 50.2 Å². The lowest BCUT2D eigenvalue weighted by Crippen LogP contribution is -2.10. The van der Waals surface area contributed by atoms with E-state index in [1.54, 1.807) is 20.3 Å². The smallest absolute Gasteiger partial charge is 0.248 e. The van der Waals surface area contributed by atoms with Gasteiger partial charge in [-0.15, -0.1) is 0 Å². The summed E-state index contributed by atoms with van der Waals surface area (Å²) in [7, 11) is 3.17. The van der Waals surface area contributed by atoms with Gasteiger partial charge in [-0.1, -0.05) is 24.3 Å². The zero-order valence-electron chi connectivity index (χ0n) is 13.8. The van der Waals surface area contributed by atoms with Crippen LogP contribution in [0.25, 0.3) is 6.08 Å². The van der Waals surface area contributed by atoms with Gasteiger partial charge in [0.15, 0.2) is 0 Å². The van der Waals surface area contributed by atoms with Gasteiger partial charge in [0.1, 0.15) is 11.5 Å². The van der Waals surface area contributed by atoms with Crippen LogP contribution in [-0.4, -0.2) is 20.1 Å². The van der Waals surface area contributed by atoms with Crippen LogP contribution in [0, 0.1) is 13.8 Å². The number of carbonyl (C=O) groups is 1. The Balaban J connectivity index is 2.22. The number of nitrogens with one attached hydrogen (secondary N) is 1. The average Bonchev–Trinajstić information content (AvgIpc) is 2.56. The second-order valence-electron chi connectivity index (χ2n) is 5.17. The van der Waals surface area contributed by atoms with Crippen LogP contribution in [0.2, 0.25) is 0 Å². The van der Waals surface area contributed by atoms with Crippen LogP contribution in [0.3, 0.4) is 0 Å². The van der Waals surface area contributed by atoms with Gasteiger partial charge in [-0.25, -0.2) is 0 Å². The summed E-state index contributed by atoms with van der Waals surface area (Å²) in [6, 6.07) is 11.4. The number of aryl methyl sites for hydroxylation is 2. The fourth-order valence-electron chi connectivity index (χ4n) is 2.38. The van der Waals surface area contributed by atoms with Crippen molar-refractivity contribution in [1.82, 2.24) is 0 Å². The Hall–Kier alpha value is -2.75. The average molecular weight is 311 g/mol. The molecule has 120 valence electrons. The third-order valence-corrected chi connectivity index (χ3v) is 3.60. The van der Waals surface area contributed by atoms with E-state index in [2.05, 4.69) is 5.32 Å². The van der Waals surface area contributed by atoms with Gasteiger partial charge >= 0.3 is 0 Å². The predicted molar refractivity (Wildman–Crippen MR) is 93.1 cm³/mol. The molecule has 2 aromatic carbocycles. The van der Waals surface area contributed by atoms with Gasteiger partial charge in [0.25, 0.3) is 0 Å². The number of benzene rings is 2. The minimum Gasteiger partial charge on any atom is -0.496 e. The first-order valence-corrected chi connectivity index (χ1v) is 7.33. The molecule has 0 aliphatic carbocycles. The number of anilines is 1. The molecule has 0 unspecified atom stereocenters. The van der Waals surface area contributed by atoms with Crippen molar-refractivity contribution >= 4 is 17.7 Å². The highest BCUT2D eigenvalue weighted by molar-refractivity contribution is 6.03. The maximum Gasteiger partial charge on any atom is 0.248 e. The Morgan fingerprint density at radius 1 is 0.957 bits per heavy atom. The summed E-state index contributed by atoms with van der Waals surface area (Å²) in [5.74, 6) is 1.11. The molecule has 0 fully saturated rings. The number of para-hydroxylation sites is 1. The zero-order chi connectivity index (χ0) is 16.8. The van der Waals surface area contributed by atoms with Crippen molar-refractivity contribution in [2.75, 3.05) is 19.5 Å². The number of methoxy groups -OCH3 is 2. The van der Waals surface area contributed by atoms with E-state index in [-0.39, 0.29) is 5.91 Å². The van der Waals surface area contributed by atoms with Gasteiger partial charge in [-0.2, -0.15) is 0 Å². The molecule has 0 saturated heterocycles. The third kappa shape index (κ3) is 3.92. The zero-order valence-corrected chi connectivity index (χ0v) is 13.8. The summed E-state index contributed by atoms with van der Waals surface area (Å²) in [6.07, 6.45) is 3.17. The fourth-order valence-corrected chi connectivity index (χ4v) is 2.38. The SMILES string of the molecule is COc1cccc(OC)c1C=CC(=O)Nc1c(C)cccc1C. The number of carbonyl (C=O) groups excluding carboxylic acids is 1. The van der Waals surface area contributed by atoms with Crippen LogP contribution in [0.5, 0.6) is 11.5 Å². The lowest BCUT2D eigenvalue weighted by Gasteiger charge is -2.11. The molecular weight excluding hydrogens is 290 g/mol. The van der Waals surface area contributed by atoms with Gasteiger partial charge in [0, 0.05) is 11.8 Å². The molecule has 0 heterocycles. The van der Waals surface area contributed by atoms with E-state index in [0.717, 1.165) is 22.4 Å². The van der Waals surface area contributed by atoms with Crippen molar-refractivity contribution in [3.8, 4) is 11.5 Å². The second kappa shape index (κ2) is 7.49. The summed E-state index contributed by atoms with van der Waals surface area (Å²) in [5.41, 5.74) is 3.63. The van der Waals surface area contributed by atoms with Crippen molar-refractivity contribution in [1.29, 1.82) is 0 Å². The highest BCUT2D eigenvalue weighted by Gasteiger charge is 2.08. The van der Waals surface area contributed by atoms with E-state index in [0.29, 0.717) is 11.5 Å². The normalized spacial score (nSPS) is 10.6. The first-order valence-electron chi connectivity index (χ1n) is 7.33. The Bertz CT molecular complexity index is 693. The van der Waals surface area contributed by atoms with Crippen LogP contribution in [0.15, 0.2) is 42.5 Å². The minimum absolute atomic E-state index is 0.199. The largest absolute Gasteiger partial charge is 0.496 e. The van der Waals surface area contributed by atoms with E-state index in [9.17, 15) is 4.79 Å². The summed E-state index contributed by atoms with van der Waals surface area (Å²) in [4.78, 5) is 12.2. The molecule has 4 heteroatoms. The molecule has 4 nitrogen and oxygen atoms in total. The molecule has 1 N–H and O–H groups in total. The first kappa shape index (κ1) is 16.6. The molecule has 0 aromatic heterocycles. The van der Waals surface area contributed by atoms with Crippen LogP contribution in [-0.2, 0) is 4.79 Å². The van der Waals surface area contributed by atoms with E-state index in [4.69, 9.17) is 9.47 Å². The quantitative estimate of drug-likeness (QED) is 0.850. The number of hydrogen-bond donors (Lipinski definition) is 1. The molecule has 0 saturated carbocycles. The van der Waals surface area contributed by atoms with E-state index < -0.39 is 0 Å². The Labute approximate surface area is 136 Å². The topological polar surface area (TPSA) is 47.6 Å².